The molecule has 144 valence electrons. The SMILES string of the molecule is CCOc1ccc(C(=O)N2CCN(c3ccc(-n4cccn4)nn3)CC2)cn1. The summed E-state index contributed by atoms with van der Waals surface area (Å²) < 4.78 is 6.99. The van der Waals surface area contributed by atoms with Crippen molar-refractivity contribution in [1.29, 1.82) is 0 Å². The fraction of sp³-hybridized carbons (Fsp3) is 0.316. The van der Waals surface area contributed by atoms with Crippen molar-refractivity contribution in [2.45, 2.75) is 6.92 Å². The molecule has 0 spiro atoms. The van der Waals surface area contributed by atoms with Crippen molar-refractivity contribution in [3.63, 3.8) is 0 Å². The standard InChI is InChI=1S/C19H21N7O2/c1-2-28-18-7-4-15(14-20-18)19(27)25-12-10-24(11-13-25)16-5-6-17(23-22-16)26-9-3-8-21-26/h3-9,14H,2,10-13H2,1H3. The van der Waals surface area contributed by atoms with Gasteiger partial charge in [-0.05, 0) is 31.2 Å². The predicted octanol–water partition coefficient (Wildman–Crippen LogP) is 1.42. The van der Waals surface area contributed by atoms with Gasteiger partial charge in [0.15, 0.2) is 11.6 Å². The Kier molecular flexibility index (Phi) is 5.14. The first kappa shape index (κ1) is 17.9. The van der Waals surface area contributed by atoms with Gasteiger partial charge in [-0.15, -0.1) is 10.2 Å². The fourth-order valence-corrected chi connectivity index (χ4v) is 3.07. The quantitative estimate of drug-likeness (QED) is 0.662. The van der Waals surface area contributed by atoms with Gasteiger partial charge in [0.05, 0.1) is 12.2 Å². The molecule has 28 heavy (non-hydrogen) atoms. The Labute approximate surface area is 162 Å². The number of carbonyl (C=O) groups excluding carboxylic acids is 1. The summed E-state index contributed by atoms with van der Waals surface area (Å²) in [6.45, 7) is 5.09. The molecule has 1 amide bonds. The van der Waals surface area contributed by atoms with E-state index < -0.39 is 0 Å². The largest absolute Gasteiger partial charge is 0.478 e. The van der Waals surface area contributed by atoms with Gasteiger partial charge in [-0.1, -0.05) is 0 Å². The third-order valence-electron chi connectivity index (χ3n) is 4.54. The maximum atomic E-state index is 12.7. The molecule has 1 fully saturated rings. The van der Waals surface area contributed by atoms with Crippen LogP contribution < -0.4 is 9.64 Å². The highest BCUT2D eigenvalue weighted by Crippen LogP contribution is 2.16. The summed E-state index contributed by atoms with van der Waals surface area (Å²) in [5, 5.41) is 12.7. The van der Waals surface area contributed by atoms with Gasteiger partial charge in [0.2, 0.25) is 5.88 Å². The zero-order chi connectivity index (χ0) is 19.3. The molecule has 0 unspecified atom stereocenters. The van der Waals surface area contributed by atoms with Crippen LogP contribution in [0.2, 0.25) is 0 Å². The molecule has 1 aliphatic rings. The van der Waals surface area contributed by atoms with Gasteiger partial charge in [0, 0.05) is 50.8 Å². The van der Waals surface area contributed by atoms with Crippen molar-refractivity contribution >= 4 is 11.7 Å². The lowest BCUT2D eigenvalue weighted by Gasteiger charge is -2.35. The zero-order valence-electron chi connectivity index (χ0n) is 15.6. The summed E-state index contributed by atoms with van der Waals surface area (Å²) in [5.41, 5.74) is 0.570. The first-order valence-electron chi connectivity index (χ1n) is 9.21. The number of pyridine rings is 1. The van der Waals surface area contributed by atoms with E-state index in [9.17, 15) is 4.79 Å². The van der Waals surface area contributed by atoms with E-state index in [0.717, 1.165) is 5.82 Å². The molecule has 0 aliphatic carbocycles. The summed E-state index contributed by atoms with van der Waals surface area (Å²) in [7, 11) is 0. The molecule has 0 N–H and O–H groups in total. The monoisotopic (exact) mass is 379 g/mol. The first-order valence-corrected chi connectivity index (χ1v) is 9.21. The molecule has 0 bridgehead atoms. The molecule has 4 rings (SSSR count). The topological polar surface area (TPSA) is 89.3 Å². The Bertz CT molecular complexity index is 902. The number of amides is 1. The van der Waals surface area contributed by atoms with Crippen LogP contribution in [0.5, 0.6) is 5.88 Å². The van der Waals surface area contributed by atoms with Crippen molar-refractivity contribution in [2.75, 3.05) is 37.7 Å². The second-order valence-electron chi connectivity index (χ2n) is 6.30. The smallest absolute Gasteiger partial charge is 0.255 e. The molecule has 3 aromatic rings. The Morgan fingerprint density at radius 3 is 2.46 bits per heavy atom. The number of hydrogen-bond donors (Lipinski definition) is 0. The van der Waals surface area contributed by atoms with Crippen molar-refractivity contribution in [3.05, 3.63) is 54.5 Å². The fourth-order valence-electron chi connectivity index (χ4n) is 3.07. The summed E-state index contributed by atoms with van der Waals surface area (Å²) in [6.07, 6.45) is 5.09. The molecule has 4 heterocycles. The lowest BCUT2D eigenvalue weighted by molar-refractivity contribution is 0.0746. The second kappa shape index (κ2) is 8.03. The molecule has 0 atom stereocenters. The third kappa shape index (κ3) is 3.78. The van der Waals surface area contributed by atoms with Crippen molar-refractivity contribution < 1.29 is 9.53 Å². The second-order valence-corrected chi connectivity index (χ2v) is 6.30. The minimum Gasteiger partial charge on any atom is -0.478 e. The third-order valence-corrected chi connectivity index (χ3v) is 4.54. The summed E-state index contributed by atoms with van der Waals surface area (Å²) in [4.78, 5) is 20.8. The summed E-state index contributed by atoms with van der Waals surface area (Å²) >= 11 is 0. The molecule has 9 heteroatoms. The van der Waals surface area contributed by atoms with E-state index >= 15 is 0 Å². The van der Waals surface area contributed by atoms with Crippen molar-refractivity contribution in [2.24, 2.45) is 0 Å². The maximum Gasteiger partial charge on any atom is 0.255 e. The van der Waals surface area contributed by atoms with Crippen LogP contribution in [-0.4, -0.2) is 68.6 Å². The number of carbonyl (C=O) groups is 1. The molecule has 1 aliphatic heterocycles. The highest BCUT2D eigenvalue weighted by atomic mass is 16.5. The molecule has 0 aromatic carbocycles. The van der Waals surface area contributed by atoms with E-state index in [1.165, 1.54) is 0 Å². The Morgan fingerprint density at radius 1 is 1.07 bits per heavy atom. The van der Waals surface area contributed by atoms with Crippen LogP contribution >= 0.6 is 0 Å². The number of ether oxygens (including phenoxy) is 1. The Morgan fingerprint density at radius 2 is 1.86 bits per heavy atom. The molecule has 0 saturated carbocycles. The molecule has 3 aromatic heterocycles. The molecule has 0 radical (unpaired) electrons. The van der Waals surface area contributed by atoms with Crippen LogP contribution in [0.15, 0.2) is 48.9 Å². The van der Waals surface area contributed by atoms with Gasteiger partial charge in [-0.2, -0.15) is 5.10 Å². The van der Waals surface area contributed by atoms with Crippen molar-refractivity contribution in [3.8, 4) is 11.7 Å². The van der Waals surface area contributed by atoms with E-state index in [1.807, 2.05) is 36.2 Å². The maximum absolute atomic E-state index is 12.7. The van der Waals surface area contributed by atoms with E-state index in [1.54, 1.807) is 29.2 Å². The van der Waals surface area contributed by atoms with Gasteiger partial charge in [-0.3, -0.25) is 4.79 Å². The summed E-state index contributed by atoms with van der Waals surface area (Å²) in [6, 6.07) is 9.14. The molecule has 1 saturated heterocycles. The number of nitrogens with zero attached hydrogens (tertiary/aromatic N) is 7. The van der Waals surface area contributed by atoms with Gasteiger partial charge in [-0.25, -0.2) is 9.67 Å². The van der Waals surface area contributed by atoms with Crippen LogP contribution in [0.4, 0.5) is 5.82 Å². The average molecular weight is 379 g/mol. The van der Waals surface area contributed by atoms with E-state index in [2.05, 4.69) is 25.2 Å². The van der Waals surface area contributed by atoms with Gasteiger partial charge >= 0.3 is 0 Å². The van der Waals surface area contributed by atoms with Crippen LogP contribution in [0.1, 0.15) is 17.3 Å². The summed E-state index contributed by atoms with van der Waals surface area (Å²) in [5.74, 6) is 1.98. The van der Waals surface area contributed by atoms with Crippen LogP contribution in [-0.2, 0) is 0 Å². The van der Waals surface area contributed by atoms with Crippen LogP contribution in [0.25, 0.3) is 5.82 Å². The number of rotatable bonds is 5. The van der Waals surface area contributed by atoms with E-state index in [-0.39, 0.29) is 5.91 Å². The minimum atomic E-state index is -0.0182. The number of piperazine rings is 1. The zero-order valence-corrected chi connectivity index (χ0v) is 15.6. The lowest BCUT2D eigenvalue weighted by atomic mass is 10.2. The number of hydrogen-bond acceptors (Lipinski definition) is 7. The Hall–Kier alpha value is -3.49. The molecular weight excluding hydrogens is 358 g/mol. The van der Waals surface area contributed by atoms with Crippen LogP contribution in [0.3, 0.4) is 0 Å². The van der Waals surface area contributed by atoms with Gasteiger partial charge in [0.25, 0.3) is 5.91 Å². The molecular formula is C19H21N7O2. The Balaban J connectivity index is 1.35. The molecule has 9 nitrogen and oxygen atoms in total. The normalized spacial score (nSPS) is 14.2. The van der Waals surface area contributed by atoms with Gasteiger partial charge < -0.3 is 14.5 Å². The first-order chi connectivity index (χ1) is 13.7. The highest BCUT2D eigenvalue weighted by Gasteiger charge is 2.23. The number of aromatic nitrogens is 5. The van der Waals surface area contributed by atoms with Gasteiger partial charge in [0.1, 0.15) is 0 Å². The highest BCUT2D eigenvalue weighted by molar-refractivity contribution is 5.94. The van der Waals surface area contributed by atoms with E-state index in [4.69, 9.17) is 4.74 Å². The average Bonchev–Trinajstić information content (AvgIpc) is 3.29. The van der Waals surface area contributed by atoms with Crippen molar-refractivity contribution in [1.82, 2.24) is 29.9 Å². The minimum absolute atomic E-state index is 0.0182. The lowest BCUT2D eigenvalue weighted by Crippen LogP contribution is -2.49. The predicted molar refractivity (Wildman–Crippen MR) is 103 cm³/mol. The van der Waals surface area contributed by atoms with Crippen LogP contribution in [0, 0.1) is 0 Å². The van der Waals surface area contributed by atoms with E-state index in [0.29, 0.717) is 50.0 Å². The number of anilines is 1.